The number of aryl methyl sites for hydroxylation is 1. The first-order valence-electron chi connectivity index (χ1n) is 7.51. The Bertz CT molecular complexity index is 649. The fraction of sp³-hybridized carbons (Fsp3) is 0.100. The highest BCUT2D eigenvalue weighted by Gasteiger charge is 2.10. The van der Waals surface area contributed by atoms with E-state index in [0.29, 0.717) is 0 Å². The second-order valence-corrected chi connectivity index (χ2v) is 5.36. The average Bonchev–Trinajstić information content (AvgIpc) is 2.57. The molecule has 0 aromatic heterocycles. The van der Waals surface area contributed by atoms with Crippen molar-refractivity contribution in [3.63, 3.8) is 0 Å². The summed E-state index contributed by atoms with van der Waals surface area (Å²) in [5.41, 5.74) is 4.66. The zero-order valence-electron chi connectivity index (χ0n) is 12.7. The number of para-hydroxylation sites is 2. The van der Waals surface area contributed by atoms with Gasteiger partial charge in [0.15, 0.2) is 0 Å². The molecule has 110 valence electrons. The number of rotatable bonds is 5. The van der Waals surface area contributed by atoms with Gasteiger partial charge in [-0.25, -0.2) is 0 Å². The summed E-state index contributed by atoms with van der Waals surface area (Å²) in [6.07, 6.45) is 0.0189. The molecule has 0 amide bonds. The van der Waals surface area contributed by atoms with Gasteiger partial charge in [-0.1, -0.05) is 66.2 Å². The van der Waals surface area contributed by atoms with E-state index in [-0.39, 0.29) is 6.17 Å². The van der Waals surface area contributed by atoms with E-state index in [9.17, 15) is 0 Å². The molecule has 2 nitrogen and oxygen atoms in total. The molecule has 0 unspecified atom stereocenters. The van der Waals surface area contributed by atoms with Crippen LogP contribution in [0.25, 0.3) is 0 Å². The van der Waals surface area contributed by atoms with E-state index in [1.54, 1.807) is 0 Å². The fourth-order valence-corrected chi connectivity index (χ4v) is 2.36. The lowest BCUT2D eigenvalue weighted by molar-refractivity contribution is 0.901. The molecule has 0 spiro atoms. The van der Waals surface area contributed by atoms with Crippen LogP contribution in [0.3, 0.4) is 0 Å². The van der Waals surface area contributed by atoms with Crippen molar-refractivity contribution in [3.05, 3.63) is 96.1 Å². The molecule has 0 aliphatic carbocycles. The zero-order chi connectivity index (χ0) is 15.2. The molecule has 2 heteroatoms. The Hall–Kier alpha value is -2.74. The predicted octanol–water partition coefficient (Wildman–Crippen LogP) is 5.22. The molecule has 0 aliphatic rings. The second kappa shape index (κ2) is 6.81. The summed E-state index contributed by atoms with van der Waals surface area (Å²) in [5.74, 6) is 0. The lowest BCUT2D eigenvalue weighted by Gasteiger charge is -2.23. The monoisotopic (exact) mass is 288 g/mol. The SMILES string of the molecule is Cc1ccc(C(Nc2ccccc2)Nc2ccccc2)cc1. The van der Waals surface area contributed by atoms with Crippen molar-refractivity contribution >= 4 is 11.4 Å². The highest BCUT2D eigenvalue weighted by atomic mass is 15.1. The van der Waals surface area contributed by atoms with Crippen LogP contribution in [-0.4, -0.2) is 0 Å². The van der Waals surface area contributed by atoms with Crippen molar-refractivity contribution < 1.29 is 0 Å². The van der Waals surface area contributed by atoms with Crippen LogP contribution < -0.4 is 10.6 Å². The Morgan fingerprint density at radius 1 is 0.591 bits per heavy atom. The van der Waals surface area contributed by atoms with E-state index in [4.69, 9.17) is 0 Å². The lowest BCUT2D eigenvalue weighted by Crippen LogP contribution is -2.19. The van der Waals surface area contributed by atoms with Crippen molar-refractivity contribution in [2.75, 3.05) is 10.6 Å². The van der Waals surface area contributed by atoms with Gasteiger partial charge in [-0.3, -0.25) is 0 Å². The molecule has 0 saturated heterocycles. The third kappa shape index (κ3) is 3.67. The van der Waals surface area contributed by atoms with E-state index >= 15 is 0 Å². The highest BCUT2D eigenvalue weighted by Crippen LogP contribution is 2.22. The van der Waals surface area contributed by atoms with Crippen LogP contribution in [0.4, 0.5) is 11.4 Å². The summed E-state index contributed by atoms with van der Waals surface area (Å²) in [6.45, 7) is 2.11. The Labute approximate surface area is 131 Å². The van der Waals surface area contributed by atoms with E-state index < -0.39 is 0 Å². The maximum Gasteiger partial charge on any atom is 0.123 e. The number of anilines is 2. The summed E-state index contributed by atoms with van der Waals surface area (Å²) in [7, 11) is 0. The summed E-state index contributed by atoms with van der Waals surface area (Å²) in [4.78, 5) is 0. The van der Waals surface area contributed by atoms with Gasteiger partial charge in [0.1, 0.15) is 6.17 Å². The molecule has 0 bridgehead atoms. The number of hydrogen-bond acceptors (Lipinski definition) is 2. The van der Waals surface area contributed by atoms with Gasteiger partial charge in [-0.15, -0.1) is 0 Å². The molecule has 0 atom stereocenters. The molecular weight excluding hydrogens is 268 g/mol. The van der Waals surface area contributed by atoms with Crippen LogP contribution in [0.5, 0.6) is 0 Å². The molecule has 3 rings (SSSR count). The quantitative estimate of drug-likeness (QED) is 0.629. The number of hydrogen-bond donors (Lipinski definition) is 2. The second-order valence-electron chi connectivity index (χ2n) is 5.36. The van der Waals surface area contributed by atoms with Crippen molar-refractivity contribution in [1.82, 2.24) is 0 Å². The predicted molar refractivity (Wildman–Crippen MR) is 94.0 cm³/mol. The lowest BCUT2D eigenvalue weighted by atomic mass is 10.1. The maximum atomic E-state index is 3.55. The minimum absolute atomic E-state index is 0.0189. The molecule has 2 N–H and O–H groups in total. The topological polar surface area (TPSA) is 24.1 Å². The fourth-order valence-electron chi connectivity index (χ4n) is 2.36. The van der Waals surface area contributed by atoms with Crippen molar-refractivity contribution in [2.45, 2.75) is 13.1 Å². The first-order valence-corrected chi connectivity index (χ1v) is 7.51. The molecule has 0 fully saturated rings. The third-order valence-electron chi connectivity index (χ3n) is 3.58. The Kier molecular flexibility index (Phi) is 4.40. The first-order chi connectivity index (χ1) is 10.8. The standard InChI is InChI=1S/C20H20N2/c1-16-12-14-17(15-13-16)20(21-18-8-4-2-5-9-18)22-19-10-6-3-7-11-19/h2-15,20-22H,1H3. The van der Waals surface area contributed by atoms with Crippen LogP contribution in [-0.2, 0) is 0 Å². The van der Waals surface area contributed by atoms with Gasteiger partial charge in [-0.2, -0.15) is 0 Å². The summed E-state index contributed by atoms with van der Waals surface area (Å²) in [6, 6.07) is 29.1. The molecule has 22 heavy (non-hydrogen) atoms. The van der Waals surface area contributed by atoms with E-state index in [1.165, 1.54) is 11.1 Å². The van der Waals surface area contributed by atoms with Gasteiger partial charge >= 0.3 is 0 Å². The van der Waals surface area contributed by atoms with Crippen LogP contribution in [0.1, 0.15) is 17.3 Å². The van der Waals surface area contributed by atoms with Gasteiger partial charge in [0.25, 0.3) is 0 Å². The Balaban J connectivity index is 1.86. The van der Waals surface area contributed by atoms with Gasteiger partial charge in [0.2, 0.25) is 0 Å². The van der Waals surface area contributed by atoms with Gasteiger partial charge < -0.3 is 10.6 Å². The Morgan fingerprint density at radius 2 is 1.05 bits per heavy atom. The number of nitrogens with one attached hydrogen (secondary N) is 2. The van der Waals surface area contributed by atoms with Crippen molar-refractivity contribution in [3.8, 4) is 0 Å². The summed E-state index contributed by atoms with van der Waals surface area (Å²) in [5, 5.41) is 7.10. The van der Waals surface area contributed by atoms with Crippen LogP contribution in [0, 0.1) is 6.92 Å². The molecule has 0 heterocycles. The van der Waals surface area contributed by atoms with E-state index in [2.05, 4.69) is 66.1 Å². The molecular formula is C20H20N2. The summed E-state index contributed by atoms with van der Waals surface area (Å²) >= 11 is 0. The average molecular weight is 288 g/mol. The molecule has 0 aliphatic heterocycles. The van der Waals surface area contributed by atoms with Gasteiger partial charge in [-0.05, 0) is 36.8 Å². The van der Waals surface area contributed by atoms with Crippen LogP contribution in [0.2, 0.25) is 0 Å². The molecule has 3 aromatic carbocycles. The smallest absolute Gasteiger partial charge is 0.123 e. The first kappa shape index (κ1) is 14.2. The molecule has 0 saturated carbocycles. The normalized spacial score (nSPS) is 10.5. The zero-order valence-corrected chi connectivity index (χ0v) is 12.7. The highest BCUT2D eigenvalue weighted by molar-refractivity contribution is 5.51. The maximum absolute atomic E-state index is 3.55. The van der Waals surface area contributed by atoms with Gasteiger partial charge in [0, 0.05) is 11.4 Å². The van der Waals surface area contributed by atoms with Crippen LogP contribution in [0.15, 0.2) is 84.9 Å². The third-order valence-corrected chi connectivity index (χ3v) is 3.58. The molecule has 0 radical (unpaired) electrons. The van der Waals surface area contributed by atoms with E-state index in [0.717, 1.165) is 11.4 Å². The van der Waals surface area contributed by atoms with Crippen molar-refractivity contribution in [2.24, 2.45) is 0 Å². The number of benzene rings is 3. The van der Waals surface area contributed by atoms with Crippen molar-refractivity contribution in [1.29, 1.82) is 0 Å². The Morgan fingerprint density at radius 3 is 1.50 bits per heavy atom. The van der Waals surface area contributed by atoms with Crippen LogP contribution >= 0.6 is 0 Å². The minimum Gasteiger partial charge on any atom is -0.362 e. The van der Waals surface area contributed by atoms with E-state index in [1.807, 2.05) is 36.4 Å². The summed E-state index contributed by atoms with van der Waals surface area (Å²) < 4.78 is 0. The molecule has 3 aromatic rings. The largest absolute Gasteiger partial charge is 0.362 e. The van der Waals surface area contributed by atoms with Gasteiger partial charge in [0.05, 0.1) is 0 Å². The minimum atomic E-state index is 0.0189.